The van der Waals surface area contributed by atoms with Gasteiger partial charge in [0, 0.05) is 12.5 Å². The number of carbonyl (C=O) groups excluding carboxylic acids is 1. The topological polar surface area (TPSA) is 69.4 Å². The van der Waals surface area contributed by atoms with Crippen molar-refractivity contribution in [3.05, 3.63) is 39.9 Å². The maximum atomic E-state index is 10.8. The molecule has 0 fully saturated rings. The third kappa shape index (κ3) is 3.95. The minimum Gasteiger partial charge on any atom is -0.469 e. The first-order valence-electron chi connectivity index (χ1n) is 4.94. The standard InChI is InChI=1S/C12H11NO4/c1-17-12(14)9-5-3-7-10-6-2-4-8-11(10)13(15)16/h2,4,6,8H,5,9H2,1H3. The number of carbonyl (C=O) groups is 1. The first-order valence-corrected chi connectivity index (χ1v) is 4.94. The summed E-state index contributed by atoms with van der Waals surface area (Å²) in [6.45, 7) is 0. The van der Waals surface area contributed by atoms with E-state index in [2.05, 4.69) is 16.6 Å². The maximum absolute atomic E-state index is 10.8. The van der Waals surface area contributed by atoms with Crippen LogP contribution in [-0.2, 0) is 9.53 Å². The van der Waals surface area contributed by atoms with Gasteiger partial charge in [0.15, 0.2) is 0 Å². The Morgan fingerprint density at radius 3 is 2.82 bits per heavy atom. The Morgan fingerprint density at radius 1 is 1.47 bits per heavy atom. The zero-order valence-corrected chi connectivity index (χ0v) is 9.30. The van der Waals surface area contributed by atoms with Crippen LogP contribution in [0, 0.1) is 22.0 Å². The normalized spacial score (nSPS) is 9.00. The van der Waals surface area contributed by atoms with Crippen molar-refractivity contribution in [1.29, 1.82) is 0 Å². The van der Waals surface area contributed by atoms with Crippen molar-refractivity contribution < 1.29 is 14.5 Å². The van der Waals surface area contributed by atoms with Gasteiger partial charge in [-0.25, -0.2) is 0 Å². The van der Waals surface area contributed by atoms with Crippen LogP contribution in [0.3, 0.4) is 0 Å². The SMILES string of the molecule is COC(=O)CCC#Cc1ccccc1[N+](=O)[O-]. The molecule has 0 saturated carbocycles. The third-order valence-electron chi connectivity index (χ3n) is 2.01. The Hall–Kier alpha value is -2.35. The summed E-state index contributed by atoms with van der Waals surface area (Å²) < 4.78 is 4.45. The molecule has 0 aliphatic heterocycles. The van der Waals surface area contributed by atoms with Crippen LogP contribution >= 0.6 is 0 Å². The molecule has 0 aliphatic rings. The van der Waals surface area contributed by atoms with E-state index in [1.54, 1.807) is 18.2 Å². The highest BCUT2D eigenvalue weighted by molar-refractivity contribution is 5.69. The van der Waals surface area contributed by atoms with Gasteiger partial charge in [-0.15, -0.1) is 0 Å². The van der Waals surface area contributed by atoms with E-state index in [0.717, 1.165) is 0 Å². The molecular weight excluding hydrogens is 222 g/mol. The van der Waals surface area contributed by atoms with Gasteiger partial charge < -0.3 is 4.74 Å². The van der Waals surface area contributed by atoms with E-state index in [1.807, 2.05) is 0 Å². The lowest BCUT2D eigenvalue weighted by molar-refractivity contribution is -0.385. The number of nitro benzene ring substituents is 1. The number of rotatable bonds is 3. The predicted molar refractivity (Wildman–Crippen MR) is 61.2 cm³/mol. The van der Waals surface area contributed by atoms with Gasteiger partial charge in [-0.3, -0.25) is 14.9 Å². The van der Waals surface area contributed by atoms with Crippen LogP contribution in [-0.4, -0.2) is 18.0 Å². The van der Waals surface area contributed by atoms with Crippen molar-refractivity contribution in [2.45, 2.75) is 12.8 Å². The smallest absolute Gasteiger partial charge is 0.306 e. The number of hydrogen-bond acceptors (Lipinski definition) is 4. The molecule has 0 saturated heterocycles. The van der Waals surface area contributed by atoms with E-state index in [1.165, 1.54) is 13.2 Å². The fraction of sp³-hybridized carbons (Fsp3) is 0.250. The summed E-state index contributed by atoms with van der Waals surface area (Å²) in [6.07, 6.45) is 0.503. The van der Waals surface area contributed by atoms with E-state index in [-0.39, 0.29) is 18.1 Å². The lowest BCUT2D eigenvalue weighted by Gasteiger charge is -1.94. The molecule has 0 unspecified atom stereocenters. The van der Waals surface area contributed by atoms with Crippen molar-refractivity contribution in [3.63, 3.8) is 0 Å². The molecule has 0 radical (unpaired) electrons. The largest absolute Gasteiger partial charge is 0.469 e. The van der Waals surface area contributed by atoms with Gasteiger partial charge in [0.1, 0.15) is 5.56 Å². The molecule has 17 heavy (non-hydrogen) atoms. The summed E-state index contributed by atoms with van der Waals surface area (Å²) in [7, 11) is 1.30. The predicted octanol–water partition coefficient (Wildman–Crippen LogP) is 1.90. The lowest BCUT2D eigenvalue weighted by Crippen LogP contribution is -1.98. The summed E-state index contributed by atoms with van der Waals surface area (Å²) in [4.78, 5) is 21.0. The molecule has 0 heterocycles. The summed E-state index contributed by atoms with van der Waals surface area (Å²) in [5, 5.41) is 10.7. The van der Waals surface area contributed by atoms with Crippen LogP contribution in [0.1, 0.15) is 18.4 Å². The number of ether oxygens (including phenoxy) is 1. The van der Waals surface area contributed by atoms with Gasteiger partial charge in [0.05, 0.1) is 18.5 Å². The first kappa shape index (κ1) is 12.7. The Kier molecular flexibility index (Phi) is 4.70. The monoisotopic (exact) mass is 233 g/mol. The number of methoxy groups -OCH3 is 1. The van der Waals surface area contributed by atoms with Crippen molar-refractivity contribution in [3.8, 4) is 11.8 Å². The van der Waals surface area contributed by atoms with E-state index in [0.29, 0.717) is 12.0 Å². The van der Waals surface area contributed by atoms with Gasteiger partial charge in [0.25, 0.3) is 5.69 Å². The quantitative estimate of drug-likeness (QED) is 0.346. The number of nitro groups is 1. The highest BCUT2D eigenvalue weighted by Gasteiger charge is 2.09. The van der Waals surface area contributed by atoms with Crippen molar-refractivity contribution in [1.82, 2.24) is 0 Å². The molecule has 0 amide bonds. The summed E-state index contributed by atoms with van der Waals surface area (Å²) >= 11 is 0. The lowest BCUT2D eigenvalue weighted by atomic mass is 10.2. The molecule has 1 rings (SSSR count). The first-order chi connectivity index (χ1) is 8.15. The molecular formula is C12H11NO4. The molecule has 5 heteroatoms. The molecule has 0 aliphatic carbocycles. The minimum atomic E-state index is -0.482. The van der Waals surface area contributed by atoms with Crippen molar-refractivity contribution in [2.24, 2.45) is 0 Å². The summed E-state index contributed by atoms with van der Waals surface area (Å²) in [6, 6.07) is 6.22. The van der Waals surface area contributed by atoms with E-state index in [4.69, 9.17) is 0 Å². The van der Waals surface area contributed by atoms with Gasteiger partial charge in [-0.2, -0.15) is 0 Å². The second kappa shape index (κ2) is 6.28. The number of para-hydroxylation sites is 1. The highest BCUT2D eigenvalue weighted by Crippen LogP contribution is 2.15. The van der Waals surface area contributed by atoms with E-state index >= 15 is 0 Å². The molecule has 88 valence electrons. The van der Waals surface area contributed by atoms with Crippen LogP contribution in [0.2, 0.25) is 0 Å². The van der Waals surface area contributed by atoms with E-state index in [9.17, 15) is 14.9 Å². The molecule has 0 aromatic heterocycles. The summed E-state index contributed by atoms with van der Waals surface area (Å²) in [5.41, 5.74) is 0.320. The second-order valence-electron chi connectivity index (χ2n) is 3.15. The molecule has 0 spiro atoms. The highest BCUT2D eigenvalue weighted by atomic mass is 16.6. The van der Waals surface area contributed by atoms with E-state index < -0.39 is 4.92 Å². The van der Waals surface area contributed by atoms with Gasteiger partial charge in [-0.1, -0.05) is 24.0 Å². The van der Waals surface area contributed by atoms with Crippen molar-refractivity contribution >= 4 is 11.7 Å². The second-order valence-corrected chi connectivity index (χ2v) is 3.15. The molecule has 5 nitrogen and oxygen atoms in total. The number of benzene rings is 1. The minimum absolute atomic E-state index is 0.0296. The number of hydrogen-bond donors (Lipinski definition) is 0. The van der Waals surface area contributed by atoms with Gasteiger partial charge >= 0.3 is 5.97 Å². The van der Waals surface area contributed by atoms with Crippen LogP contribution in [0.15, 0.2) is 24.3 Å². The zero-order chi connectivity index (χ0) is 12.7. The maximum Gasteiger partial charge on any atom is 0.306 e. The van der Waals surface area contributed by atoms with Crippen LogP contribution in [0.4, 0.5) is 5.69 Å². The molecule has 0 bridgehead atoms. The van der Waals surface area contributed by atoms with Crippen molar-refractivity contribution in [2.75, 3.05) is 7.11 Å². The molecule has 1 aromatic rings. The fourth-order valence-corrected chi connectivity index (χ4v) is 1.16. The van der Waals surface area contributed by atoms with Crippen LogP contribution < -0.4 is 0 Å². The number of nitrogens with zero attached hydrogens (tertiary/aromatic N) is 1. The Balaban J connectivity index is 2.72. The summed E-state index contributed by atoms with van der Waals surface area (Å²) in [5.74, 6) is 5.04. The number of esters is 1. The van der Waals surface area contributed by atoms with Gasteiger partial charge in [-0.05, 0) is 6.07 Å². The van der Waals surface area contributed by atoms with Gasteiger partial charge in [0.2, 0.25) is 0 Å². The average molecular weight is 233 g/mol. The van der Waals surface area contributed by atoms with Crippen LogP contribution in [0.25, 0.3) is 0 Å². The fourth-order valence-electron chi connectivity index (χ4n) is 1.16. The molecule has 0 N–H and O–H groups in total. The average Bonchev–Trinajstić information content (AvgIpc) is 2.34. The molecule has 1 aromatic carbocycles. The third-order valence-corrected chi connectivity index (χ3v) is 2.01. The zero-order valence-electron chi connectivity index (χ0n) is 9.30. The molecule has 0 atom stereocenters. The van der Waals surface area contributed by atoms with Crippen LogP contribution in [0.5, 0.6) is 0 Å². The Bertz CT molecular complexity index is 485. The Labute approximate surface area is 98.5 Å². The Morgan fingerprint density at radius 2 is 2.18 bits per heavy atom.